The second-order valence-electron chi connectivity index (χ2n) is 5.69. The average Bonchev–Trinajstić information content (AvgIpc) is 2.39. The highest BCUT2D eigenvalue weighted by molar-refractivity contribution is 7.80. The molecule has 3 N–H and O–H groups in total. The van der Waals surface area contributed by atoms with E-state index < -0.39 is 11.6 Å². The van der Waals surface area contributed by atoms with Crippen molar-refractivity contribution in [2.24, 2.45) is 17.6 Å². The van der Waals surface area contributed by atoms with Crippen LogP contribution in [0.3, 0.4) is 0 Å². The molecule has 0 radical (unpaired) electrons. The highest BCUT2D eigenvalue weighted by Crippen LogP contribution is 2.29. The molecule has 1 aliphatic rings. The molecule has 1 aromatic carbocycles. The zero-order valence-corrected chi connectivity index (χ0v) is 12.4. The molecule has 1 fully saturated rings. The molecule has 0 atom stereocenters. The van der Waals surface area contributed by atoms with Gasteiger partial charge in [-0.25, -0.2) is 8.78 Å². The van der Waals surface area contributed by atoms with Crippen molar-refractivity contribution in [2.75, 3.05) is 11.9 Å². The Labute approximate surface area is 123 Å². The van der Waals surface area contributed by atoms with Crippen molar-refractivity contribution < 1.29 is 8.78 Å². The number of nitrogens with one attached hydrogen (secondary N) is 1. The van der Waals surface area contributed by atoms with Gasteiger partial charge in [-0.2, -0.15) is 0 Å². The summed E-state index contributed by atoms with van der Waals surface area (Å²) in [6.45, 7) is 2.85. The molecule has 1 saturated carbocycles. The summed E-state index contributed by atoms with van der Waals surface area (Å²) in [4.78, 5) is -0.00406. The Kier molecular flexibility index (Phi) is 4.91. The first kappa shape index (κ1) is 15.2. The van der Waals surface area contributed by atoms with Crippen LogP contribution in [0, 0.1) is 23.5 Å². The van der Waals surface area contributed by atoms with E-state index in [0.29, 0.717) is 12.5 Å². The normalized spacial score (nSPS) is 22.6. The van der Waals surface area contributed by atoms with E-state index in [4.69, 9.17) is 18.0 Å². The molecule has 0 aliphatic heterocycles. The fraction of sp³-hybridized carbons (Fsp3) is 0.533. The lowest BCUT2D eigenvalue weighted by Crippen LogP contribution is -2.21. The van der Waals surface area contributed by atoms with E-state index in [2.05, 4.69) is 12.2 Å². The summed E-state index contributed by atoms with van der Waals surface area (Å²) >= 11 is 4.73. The maximum absolute atomic E-state index is 13.9. The van der Waals surface area contributed by atoms with E-state index in [1.807, 2.05) is 0 Å². The predicted molar refractivity (Wildman–Crippen MR) is 81.9 cm³/mol. The Hall–Kier alpha value is -1.23. The Morgan fingerprint density at radius 3 is 2.30 bits per heavy atom. The van der Waals surface area contributed by atoms with Crippen molar-refractivity contribution >= 4 is 22.9 Å². The van der Waals surface area contributed by atoms with E-state index in [9.17, 15) is 8.78 Å². The highest BCUT2D eigenvalue weighted by Gasteiger charge is 2.19. The first-order valence-corrected chi connectivity index (χ1v) is 7.41. The Bertz CT molecular complexity index is 474. The lowest BCUT2D eigenvalue weighted by molar-refractivity contribution is 0.300. The van der Waals surface area contributed by atoms with Crippen LogP contribution in [-0.2, 0) is 0 Å². The minimum absolute atomic E-state index is 0.00406. The fourth-order valence-corrected chi connectivity index (χ4v) is 2.78. The first-order chi connectivity index (χ1) is 9.47. The number of halogens is 2. The molecule has 5 heteroatoms. The van der Waals surface area contributed by atoms with Gasteiger partial charge in [0.25, 0.3) is 0 Å². The predicted octanol–water partition coefficient (Wildman–Crippen LogP) is 3.84. The van der Waals surface area contributed by atoms with Gasteiger partial charge in [0.2, 0.25) is 0 Å². The zero-order valence-electron chi connectivity index (χ0n) is 11.6. The van der Waals surface area contributed by atoms with Gasteiger partial charge in [-0.15, -0.1) is 0 Å². The minimum Gasteiger partial charge on any atom is -0.389 e. The van der Waals surface area contributed by atoms with E-state index in [-0.39, 0.29) is 16.2 Å². The van der Waals surface area contributed by atoms with Gasteiger partial charge in [-0.3, -0.25) is 0 Å². The van der Waals surface area contributed by atoms with Crippen molar-refractivity contribution in [1.82, 2.24) is 0 Å². The van der Waals surface area contributed by atoms with Crippen LogP contribution < -0.4 is 11.1 Å². The summed E-state index contributed by atoms with van der Waals surface area (Å²) in [6.07, 6.45) is 4.61. The number of thiocarbonyl (C=S) groups is 1. The van der Waals surface area contributed by atoms with Crippen LogP contribution >= 0.6 is 12.2 Å². The van der Waals surface area contributed by atoms with Crippen molar-refractivity contribution in [3.05, 3.63) is 29.3 Å². The van der Waals surface area contributed by atoms with Crippen molar-refractivity contribution in [2.45, 2.75) is 32.6 Å². The van der Waals surface area contributed by atoms with Crippen LogP contribution in [0.1, 0.15) is 38.2 Å². The second-order valence-corrected chi connectivity index (χ2v) is 6.13. The molecule has 0 saturated heterocycles. The molecular formula is C15H20F2N2S. The molecule has 0 aromatic heterocycles. The van der Waals surface area contributed by atoms with Gasteiger partial charge < -0.3 is 11.1 Å². The van der Waals surface area contributed by atoms with E-state index in [0.717, 1.165) is 18.8 Å². The van der Waals surface area contributed by atoms with Crippen LogP contribution in [0.4, 0.5) is 14.5 Å². The largest absolute Gasteiger partial charge is 0.389 e. The smallest absolute Gasteiger partial charge is 0.150 e. The van der Waals surface area contributed by atoms with Gasteiger partial charge in [0, 0.05) is 12.1 Å². The molecule has 0 unspecified atom stereocenters. The topological polar surface area (TPSA) is 38.0 Å². The van der Waals surface area contributed by atoms with Crippen LogP contribution in [0.15, 0.2) is 12.1 Å². The van der Waals surface area contributed by atoms with Crippen LogP contribution in [-0.4, -0.2) is 11.5 Å². The maximum Gasteiger partial charge on any atom is 0.150 e. The van der Waals surface area contributed by atoms with Gasteiger partial charge in [-0.05, 0) is 36.8 Å². The third kappa shape index (κ3) is 3.66. The summed E-state index contributed by atoms with van der Waals surface area (Å²) in [5.41, 5.74) is 5.52. The molecule has 20 heavy (non-hydrogen) atoms. The van der Waals surface area contributed by atoms with Gasteiger partial charge >= 0.3 is 0 Å². The summed E-state index contributed by atoms with van der Waals surface area (Å²) < 4.78 is 27.7. The molecule has 0 heterocycles. The monoisotopic (exact) mass is 298 g/mol. The summed E-state index contributed by atoms with van der Waals surface area (Å²) in [6, 6.07) is 2.35. The van der Waals surface area contributed by atoms with E-state index in [1.165, 1.54) is 25.0 Å². The molecule has 2 nitrogen and oxygen atoms in total. The van der Waals surface area contributed by atoms with Gasteiger partial charge in [0.1, 0.15) is 22.3 Å². The number of anilines is 1. The number of hydrogen-bond acceptors (Lipinski definition) is 2. The van der Waals surface area contributed by atoms with Crippen LogP contribution in [0.2, 0.25) is 0 Å². The van der Waals surface area contributed by atoms with Gasteiger partial charge in [-0.1, -0.05) is 32.0 Å². The van der Waals surface area contributed by atoms with Crippen molar-refractivity contribution in [3.8, 4) is 0 Å². The summed E-state index contributed by atoms with van der Waals surface area (Å²) in [7, 11) is 0. The molecule has 2 rings (SSSR count). The molecule has 1 aromatic rings. The fourth-order valence-electron chi connectivity index (χ4n) is 2.66. The van der Waals surface area contributed by atoms with Gasteiger partial charge in [0.05, 0.1) is 0 Å². The minimum atomic E-state index is -0.642. The number of hydrogen-bond donors (Lipinski definition) is 2. The highest BCUT2D eigenvalue weighted by atomic mass is 32.1. The number of benzene rings is 1. The quantitative estimate of drug-likeness (QED) is 0.830. The first-order valence-electron chi connectivity index (χ1n) is 7.00. The second kappa shape index (κ2) is 6.48. The van der Waals surface area contributed by atoms with Crippen molar-refractivity contribution in [1.29, 1.82) is 0 Å². The SMILES string of the molecule is CC1CCC(CNc2c(F)cc(C(N)=S)cc2F)CC1. The number of nitrogens with two attached hydrogens (primary N) is 1. The Balaban J connectivity index is 2.01. The van der Waals surface area contributed by atoms with Crippen LogP contribution in [0.5, 0.6) is 0 Å². The molecule has 0 bridgehead atoms. The summed E-state index contributed by atoms with van der Waals surface area (Å²) in [5, 5.41) is 2.90. The Morgan fingerprint density at radius 1 is 1.25 bits per heavy atom. The third-order valence-corrected chi connectivity index (χ3v) is 4.27. The molecule has 0 amide bonds. The summed E-state index contributed by atoms with van der Waals surface area (Å²) in [5.74, 6) is -0.0289. The maximum atomic E-state index is 13.9. The number of rotatable bonds is 4. The van der Waals surface area contributed by atoms with Crippen LogP contribution in [0.25, 0.3) is 0 Å². The third-order valence-electron chi connectivity index (χ3n) is 4.03. The van der Waals surface area contributed by atoms with E-state index in [1.54, 1.807) is 0 Å². The molecule has 110 valence electrons. The average molecular weight is 298 g/mol. The van der Waals surface area contributed by atoms with Gasteiger partial charge in [0.15, 0.2) is 0 Å². The van der Waals surface area contributed by atoms with Crippen molar-refractivity contribution in [3.63, 3.8) is 0 Å². The lowest BCUT2D eigenvalue weighted by Gasteiger charge is -2.26. The molecule has 0 spiro atoms. The van der Waals surface area contributed by atoms with E-state index >= 15 is 0 Å². The molecule has 1 aliphatic carbocycles. The Morgan fingerprint density at radius 2 is 1.80 bits per heavy atom. The zero-order chi connectivity index (χ0) is 14.7. The standard InChI is InChI=1S/C15H20F2N2S/c1-9-2-4-10(5-3-9)8-19-14-12(16)6-11(15(18)20)7-13(14)17/h6-7,9-10,19H,2-5,8H2,1H3,(H2,18,20). The molecular weight excluding hydrogens is 278 g/mol. The lowest BCUT2D eigenvalue weighted by atomic mass is 9.83.